The van der Waals surface area contributed by atoms with Crippen LogP contribution >= 0.6 is 15.9 Å². The van der Waals surface area contributed by atoms with E-state index in [1.54, 1.807) is 0 Å². The highest BCUT2D eigenvalue weighted by molar-refractivity contribution is 9.10. The fourth-order valence-electron chi connectivity index (χ4n) is 1.72. The number of alkyl halides is 3. The molecule has 122 valence electrons. The molecule has 0 heterocycles. The molecular formula is C15H10BrF4NO2. The van der Waals surface area contributed by atoms with Gasteiger partial charge in [0.15, 0.2) is 6.61 Å². The number of rotatable bonds is 4. The summed E-state index contributed by atoms with van der Waals surface area (Å²) in [6.07, 6.45) is -4.49. The second kappa shape index (κ2) is 6.99. The molecule has 0 atom stereocenters. The largest absolute Gasteiger partial charge is 0.482 e. The zero-order valence-corrected chi connectivity index (χ0v) is 13.0. The molecule has 23 heavy (non-hydrogen) atoms. The Labute approximate surface area is 137 Å². The van der Waals surface area contributed by atoms with Crippen LogP contribution in [0.3, 0.4) is 0 Å². The monoisotopic (exact) mass is 391 g/mol. The normalized spacial score (nSPS) is 11.2. The molecule has 2 aromatic rings. The highest BCUT2D eigenvalue weighted by atomic mass is 79.9. The Balaban J connectivity index is 2.18. The second-order valence-corrected chi connectivity index (χ2v) is 5.33. The van der Waals surface area contributed by atoms with Gasteiger partial charge in [0.25, 0.3) is 5.91 Å². The molecule has 0 aromatic heterocycles. The Kier molecular flexibility index (Phi) is 5.25. The van der Waals surface area contributed by atoms with E-state index in [2.05, 4.69) is 26.0 Å². The van der Waals surface area contributed by atoms with Crippen LogP contribution in [0.5, 0.6) is 5.75 Å². The number of hydrogen-bond acceptors (Lipinski definition) is 2. The minimum absolute atomic E-state index is 0.0815. The van der Waals surface area contributed by atoms with Crippen LogP contribution in [0.2, 0.25) is 0 Å². The van der Waals surface area contributed by atoms with E-state index in [4.69, 9.17) is 0 Å². The van der Waals surface area contributed by atoms with Gasteiger partial charge in [0.05, 0.1) is 11.3 Å². The number of ether oxygens (including phenoxy) is 1. The van der Waals surface area contributed by atoms with Gasteiger partial charge in [-0.3, -0.25) is 4.79 Å². The Morgan fingerprint density at radius 2 is 1.87 bits per heavy atom. The summed E-state index contributed by atoms with van der Waals surface area (Å²) in [4.78, 5) is 12.2. The van der Waals surface area contributed by atoms with Crippen LogP contribution in [0, 0.1) is 5.82 Å². The lowest BCUT2D eigenvalue weighted by Gasteiger charge is -2.14. The highest BCUT2D eigenvalue weighted by Gasteiger charge is 2.29. The van der Waals surface area contributed by atoms with Crippen LogP contribution in [0.25, 0.3) is 0 Å². The zero-order valence-electron chi connectivity index (χ0n) is 11.5. The van der Waals surface area contributed by atoms with Gasteiger partial charge in [-0.2, -0.15) is 13.2 Å². The highest BCUT2D eigenvalue weighted by Crippen LogP contribution is 2.27. The number of carbonyl (C=O) groups excluding carboxylic acids is 1. The standard InChI is InChI=1S/C15H10BrF4NO2/c16-11-7-9(17)5-6-10(11)14(22)21-12-3-1-2-4-13(12)23-8-15(18,19)20/h1-7H,8H2,(H,21,22). The van der Waals surface area contributed by atoms with Crippen LogP contribution in [0.15, 0.2) is 46.9 Å². The zero-order chi connectivity index (χ0) is 17.0. The predicted octanol–water partition coefficient (Wildman–Crippen LogP) is 4.78. The molecule has 2 rings (SSSR count). The van der Waals surface area contributed by atoms with E-state index in [0.29, 0.717) is 0 Å². The van der Waals surface area contributed by atoms with E-state index in [-0.39, 0.29) is 21.5 Å². The number of amides is 1. The van der Waals surface area contributed by atoms with Crippen molar-refractivity contribution in [3.8, 4) is 5.75 Å². The lowest BCUT2D eigenvalue weighted by molar-refractivity contribution is -0.153. The molecule has 0 radical (unpaired) electrons. The maximum absolute atomic E-state index is 13.0. The average molecular weight is 392 g/mol. The van der Waals surface area contributed by atoms with Crippen molar-refractivity contribution in [1.82, 2.24) is 0 Å². The summed E-state index contributed by atoms with van der Waals surface area (Å²) < 4.78 is 54.6. The number of hydrogen-bond donors (Lipinski definition) is 1. The SMILES string of the molecule is O=C(Nc1ccccc1OCC(F)(F)F)c1ccc(F)cc1Br. The van der Waals surface area contributed by atoms with Crippen LogP contribution in [0.1, 0.15) is 10.4 Å². The van der Waals surface area contributed by atoms with Crippen molar-refractivity contribution >= 4 is 27.5 Å². The summed E-state index contributed by atoms with van der Waals surface area (Å²) in [7, 11) is 0. The summed E-state index contributed by atoms with van der Waals surface area (Å²) in [5, 5.41) is 2.44. The molecule has 1 N–H and O–H groups in total. The third-order valence-electron chi connectivity index (χ3n) is 2.70. The van der Waals surface area contributed by atoms with Crippen molar-refractivity contribution in [2.24, 2.45) is 0 Å². The Morgan fingerprint density at radius 1 is 1.17 bits per heavy atom. The molecule has 0 saturated heterocycles. The van der Waals surface area contributed by atoms with E-state index in [0.717, 1.165) is 12.1 Å². The van der Waals surface area contributed by atoms with E-state index < -0.39 is 24.5 Å². The van der Waals surface area contributed by atoms with Gasteiger partial charge in [-0.05, 0) is 46.3 Å². The van der Waals surface area contributed by atoms with Gasteiger partial charge in [0.1, 0.15) is 11.6 Å². The van der Waals surface area contributed by atoms with E-state index in [1.807, 2.05) is 0 Å². The smallest absolute Gasteiger partial charge is 0.422 e. The molecule has 0 aliphatic rings. The second-order valence-electron chi connectivity index (χ2n) is 4.48. The van der Waals surface area contributed by atoms with Gasteiger partial charge in [-0.15, -0.1) is 0 Å². The van der Waals surface area contributed by atoms with Gasteiger partial charge in [-0.25, -0.2) is 4.39 Å². The average Bonchev–Trinajstić information content (AvgIpc) is 2.45. The topological polar surface area (TPSA) is 38.3 Å². The molecule has 1 amide bonds. The lowest BCUT2D eigenvalue weighted by atomic mass is 10.2. The first kappa shape index (κ1) is 17.3. The van der Waals surface area contributed by atoms with E-state index in [1.165, 1.54) is 30.3 Å². The molecule has 0 aliphatic heterocycles. The van der Waals surface area contributed by atoms with Gasteiger partial charge >= 0.3 is 6.18 Å². The number of benzene rings is 2. The Bertz CT molecular complexity index is 719. The lowest BCUT2D eigenvalue weighted by Crippen LogP contribution is -2.20. The molecule has 0 unspecified atom stereocenters. The van der Waals surface area contributed by atoms with Crippen LogP contribution in [-0.2, 0) is 0 Å². The quantitative estimate of drug-likeness (QED) is 0.761. The van der Waals surface area contributed by atoms with Crippen molar-refractivity contribution in [2.45, 2.75) is 6.18 Å². The molecule has 8 heteroatoms. The number of anilines is 1. The van der Waals surface area contributed by atoms with E-state index in [9.17, 15) is 22.4 Å². The molecule has 2 aromatic carbocycles. The summed E-state index contributed by atoms with van der Waals surface area (Å²) in [6.45, 7) is -1.47. The van der Waals surface area contributed by atoms with Crippen molar-refractivity contribution in [2.75, 3.05) is 11.9 Å². The van der Waals surface area contributed by atoms with Crippen LogP contribution in [0.4, 0.5) is 23.2 Å². The minimum Gasteiger partial charge on any atom is -0.482 e. The Hall–Kier alpha value is -2.09. The molecule has 0 spiro atoms. The van der Waals surface area contributed by atoms with Crippen molar-refractivity contribution in [3.05, 3.63) is 58.3 Å². The third kappa shape index (κ3) is 4.95. The van der Waals surface area contributed by atoms with Crippen LogP contribution in [-0.4, -0.2) is 18.7 Å². The Morgan fingerprint density at radius 3 is 2.52 bits per heavy atom. The molecule has 0 fully saturated rings. The summed E-state index contributed by atoms with van der Waals surface area (Å²) in [5.74, 6) is -1.25. The van der Waals surface area contributed by atoms with Crippen molar-refractivity contribution in [1.29, 1.82) is 0 Å². The minimum atomic E-state index is -4.49. The first-order chi connectivity index (χ1) is 10.8. The molecule has 3 nitrogen and oxygen atoms in total. The molecule has 0 aliphatic carbocycles. The first-order valence-corrected chi connectivity index (χ1v) is 7.10. The summed E-state index contributed by atoms with van der Waals surface area (Å²) in [5.41, 5.74) is 0.218. The third-order valence-corrected chi connectivity index (χ3v) is 3.36. The first-order valence-electron chi connectivity index (χ1n) is 6.31. The van der Waals surface area contributed by atoms with Gasteiger partial charge in [-0.1, -0.05) is 12.1 Å². The van der Waals surface area contributed by atoms with Crippen molar-refractivity contribution < 1.29 is 27.1 Å². The number of carbonyl (C=O) groups is 1. The number of nitrogens with one attached hydrogen (secondary N) is 1. The fraction of sp³-hybridized carbons (Fsp3) is 0.133. The van der Waals surface area contributed by atoms with Gasteiger partial charge in [0, 0.05) is 4.47 Å². The fourth-order valence-corrected chi connectivity index (χ4v) is 2.25. The number of para-hydroxylation sites is 2. The van der Waals surface area contributed by atoms with Crippen molar-refractivity contribution in [3.63, 3.8) is 0 Å². The maximum atomic E-state index is 13.0. The maximum Gasteiger partial charge on any atom is 0.422 e. The molecule has 0 saturated carbocycles. The van der Waals surface area contributed by atoms with Gasteiger partial charge in [0.2, 0.25) is 0 Å². The molecule has 0 bridgehead atoms. The molecular weight excluding hydrogens is 382 g/mol. The van der Waals surface area contributed by atoms with E-state index >= 15 is 0 Å². The van der Waals surface area contributed by atoms with Gasteiger partial charge < -0.3 is 10.1 Å². The number of halogens is 5. The predicted molar refractivity (Wildman–Crippen MR) is 80.0 cm³/mol. The van der Waals surface area contributed by atoms with Crippen LogP contribution < -0.4 is 10.1 Å². The summed E-state index contributed by atoms with van der Waals surface area (Å²) in [6, 6.07) is 9.20. The summed E-state index contributed by atoms with van der Waals surface area (Å²) >= 11 is 3.06.